The van der Waals surface area contributed by atoms with E-state index in [4.69, 9.17) is 11.5 Å². The number of aliphatic carboxylic acids is 1. The largest absolute Gasteiger partial charge is 0.543 e. The van der Waals surface area contributed by atoms with E-state index in [-0.39, 0.29) is 29.2 Å². The molecule has 13 nitrogen and oxygen atoms in total. The number of carbonyl (C=O) groups excluding carboxylic acids is 4. The number of thiazole rings is 1. The Kier molecular flexibility index (Phi) is 10.4. The summed E-state index contributed by atoms with van der Waals surface area (Å²) in [7, 11) is 0. The van der Waals surface area contributed by atoms with Crippen molar-refractivity contribution in [1.82, 2.24) is 20.5 Å². The van der Waals surface area contributed by atoms with Gasteiger partial charge >= 0.3 is 0 Å². The average molecular weight is 667 g/mol. The topological polar surface area (TPSA) is 200 Å². The summed E-state index contributed by atoms with van der Waals surface area (Å²) in [5.41, 5.74) is 12.2. The van der Waals surface area contributed by atoms with Gasteiger partial charge in [-0.25, -0.2) is 9.55 Å². The number of benzene rings is 1. The lowest BCUT2D eigenvalue weighted by Crippen LogP contribution is -2.71. The van der Waals surface area contributed by atoms with Crippen molar-refractivity contribution in [2.24, 2.45) is 16.5 Å². The number of carbonyl (C=O) groups is 4. The number of hydrogen-bond donors (Lipinski definition) is 4. The molecule has 16 heteroatoms. The molecule has 1 saturated heterocycles. The lowest BCUT2D eigenvalue weighted by atomic mass is 10.0. The lowest BCUT2D eigenvalue weighted by Gasteiger charge is -2.50. The summed E-state index contributed by atoms with van der Waals surface area (Å²) >= 11 is 4.16. The number of thioether (sulfide) groups is 2. The van der Waals surface area contributed by atoms with E-state index in [1.807, 2.05) is 28.8 Å². The number of aliphatic imine (C=N–C) groups is 1. The van der Waals surface area contributed by atoms with Gasteiger partial charge in [0.1, 0.15) is 11.4 Å². The molecule has 45 heavy (non-hydrogen) atoms. The number of β-lactam (4-membered cyclic amide) rings is 1. The molecule has 0 aliphatic carbocycles. The van der Waals surface area contributed by atoms with Gasteiger partial charge in [0, 0.05) is 31.0 Å². The van der Waals surface area contributed by atoms with E-state index < -0.39 is 23.3 Å². The second kappa shape index (κ2) is 14.6. The summed E-state index contributed by atoms with van der Waals surface area (Å²) in [4.78, 5) is 59.6. The molecular weight excluding hydrogens is 637 g/mol. The summed E-state index contributed by atoms with van der Waals surface area (Å²) in [6, 6.07) is 10.2. The van der Waals surface area contributed by atoms with Crippen LogP contribution in [0.3, 0.4) is 0 Å². The van der Waals surface area contributed by atoms with Crippen LogP contribution >= 0.6 is 34.9 Å². The van der Waals surface area contributed by atoms with Crippen molar-refractivity contribution in [1.29, 1.82) is 0 Å². The van der Waals surface area contributed by atoms with Gasteiger partial charge in [0.2, 0.25) is 5.91 Å². The fourth-order valence-electron chi connectivity index (χ4n) is 4.65. The third-order valence-corrected chi connectivity index (χ3v) is 10.3. The summed E-state index contributed by atoms with van der Waals surface area (Å²) in [5, 5.41) is 17.1. The van der Waals surface area contributed by atoms with Crippen LogP contribution in [0.15, 0.2) is 81.5 Å². The highest BCUT2D eigenvalue weighted by atomic mass is 32.2. The number of nitrogens with zero attached hydrogens (tertiary/aromatic N) is 4. The zero-order valence-corrected chi connectivity index (χ0v) is 26.3. The number of nitrogens with two attached hydrogens (primary N) is 2. The Morgan fingerprint density at radius 3 is 2.71 bits per heavy atom. The molecule has 234 valence electrons. The normalized spacial score (nSPS) is 17.6. The van der Waals surface area contributed by atoms with Gasteiger partial charge in [0.15, 0.2) is 29.2 Å². The van der Waals surface area contributed by atoms with Gasteiger partial charge in [-0.05, 0) is 30.2 Å². The molecular formula is C29H30N8O5S3. The van der Waals surface area contributed by atoms with E-state index in [1.54, 1.807) is 36.7 Å². The number of carboxylic acids is 1. The summed E-state index contributed by atoms with van der Waals surface area (Å²) in [5.74, 6) is -2.07. The van der Waals surface area contributed by atoms with E-state index in [0.29, 0.717) is 42.9 Å². The molecule has 0 bridgehead atoms. The first-order valence-corrected chi connectivity index (χ1v) is 16.7. The van der Waals surface area contributed by atoms with Crippen LogP contribution in [0.5, 0.6) is 0 Å². The Balaban J connectivity index is 1.12. The Morgan fingerprint density at radius 2 is 1.98 bits per heavy atom. The first-order valence-electron chi connectivity index (χ1n) is 13.9. The van der Waals surface area contributed by atoms with Crippen molar-refractivity contribution >= 4 is 74.7 Å². The molecule has 1 aromatic carbocycles. The van der Waals surface area contributed by atoms with Crippen LogP contribution in [0.2, 0.25) is 0 Å². The van der Waals surface area contributed by atoms with Crippen molar-refractivity contribution < 1.29 is 28.9 Å². The highest BCUT2D eigenvalue weighted by Crippen LogP contribution is 2.40. The van der Waals surface area contributed by atoms with Gasteiger partial charge in [-0.2, -0.15) is 0 Å². The Morgan fingerprint density at radius 1 is 1.20 bits per heavy atom. The van der Waals surface area contributed by atoms with Crippen LogP contribution in [0.4, 0.5) is 0 Å². The molecule has 3 aromatic rings. The van der Waals surface area contributed by atoms with Gasteiger partial charge in [-0.1, -0.05) is 30.0 Å². The molecule has 3 amide bonds. The molecule has 0 radical (unpaired) electrons. The molecule has 0 unspecified atom stereocenters. The number of para-hydroxylation sites is 1. The lowest BCUT2D eigenvalue weighted by molar-refractivity contribution is -0.687. The first kappa shape index (κ1) is 32.0. The Labute approximate surface area is 270 Å². The molecule has 2 aliphatic heterocycles. The molecule has 4 heterocycles. The predicted molar refractivity (Wildman–Crippen MR) is 171 cm³/mol. The molecule has 2 atom stereocenters. The second-order valence-corrected chi connectivity index (χ2v) is 13.3. The molecule has 2 aliphatic rings. The van der Waals surface area contributed by atoms with E-state index in [9.17, 15) is 24.3 Å². The zero-order valence-electron chi connectivity index (χ0n) is 23.9. The van der Waals surface area contributed by atoms with E-state index in [0.717, 1.165) is 14.6 Å². The van der Waals surface area contributed by atoms with Crippen LogP contribution in [0, 0.1) is 0 Å². The maximum Gasteiger partial charge on any atom is 0.253 e. The van der Waals surface area contributed by atoms with Crippen LogP contribution in [-0.2, 0) is 20.9 Å². The molecule has 0 spiro atoms. The third kappa shape index (κ3) is 7.82. The standard InChI is InChI=1S/C29H30N8O5S3/c30-28(31)33-11-4-10-32-24(39)17-8-13-36(14-9-17)12-3-5-18-15-43-26-22(25(40)37(26)23(18)27(41)42)35-21(38)16-44-29-34-19-6-1-2-7-20(19)45-29/h1-3,5-9,13-14,22,26H,4,10-12,15-16H2,(H6-,30,31,32,33,35,38,39,41,42)/b5-3+/t22-,26-/m1/s1. The highest BCUT2D eigenvalue weighted by Gasteiger charge is 2.52. The number of fused-ring (bicyclic) bond motifs is 2. The van der Waals surface area contributed by atoms with Crippen molar-refractivity contribution in [2.75, 3.05) is 24.6 Å². The average Bonchev–Trinajstić information content (AvgIpc) is 3.45. The molecule has 1 fully saturated rings. The van der Waals surface area contributed by atoms with Crippen molar-refractivity contribution in [2.45, 2.75) is 28.7 Å². The smallest absolute Gasteiger partial charge is 0.253 e. The van der Waals surface area contributed by atoms with Crippen LogP contribution in [0.1, 0.15) is 16.8 Å². The Bertz CT molecular complexity index is 1670. The van der Waals surface area contributed by atoms with Crippen LogP contribution in [-0.4, -0.2) is 75.5 Å². The highest BCUT2D eigenvalue weighted by molar-refractivity contribution is 8.01. The monoisotopic (exact) mass is 666 g/mol. The van der Waals surface area contributed by atoms with Crippen molar-refractivity contribution in [3.63, 3.8) is 0 Å². The molecule has 2 aromatic heterocycles. The minimum absolute atomic E-state index is 0.0116. The van der Waals surface area contributed by atoms with E-state index in [1.165, 1.54) is 39.8 Å². The summed E-state index contributed by atoms with van der Waals surface area (Å²) in [6.07, 6.45) is 7.50. The number of carboxylic acid groups (broad SMARTS) is 1. The number of allylic oxidation sites excluding steroid dienone is 2. The number of guanidine groups is 1. The minimum Gasteiger partial charge on any atom is -0.543 e. The third-order valence-electron chi connectivity index (χ3n) is 6.81. The zero-order chi connectivity index (χ0) is 31.9. The molecule has 0 saturated carbocycles. The first-order chi connectivity index (χ1) is 21.7. The SMILES string of the molecule is NC(N)=NCCCNC(=O)c1cc[n+](C/C=C/C2=C(C(=O)[O-])N3C(=O)[C@@H](NC(=O)CSc4nc5ccccc5s4)[C@H]3SC2)cc1. The second-order valence-electron chi connectivity index (χ2n) is 9.95. The maximum atomic E-state index is 13.0. The maximum absolute atomic E-state index is 13.0. The van der Waals surface area contributed by atoms with Gasteiger partial charge in [-0.15, -0.1) is 23.1 Å². The fourth-order valence-corrected chi connectivity index (χ4v) is 7.85. The number of pyridine rings is 1. The van der Waals surface area contributed by atoms with Gasteiger partial charge in [0.05, 0.1) is 33.2 Å². The quantitative estimate of drug-likeness (QED) is 0.0470. The predicted octanol–water partition coefficient (Wildman–Crippen LogP) is -0.270. The van der Waals surface area contributed by atoms with Crippen LogP contribution in [0.25, 0.3) is 10.2 Å². The number of aromatic nitrogens is 2. The van der Waals surface area contributed by atoms with Crippen molar-refractivity contribution in [3.8, 4) is 0 Å². The van der Waals surface area contributed by atoms with Gasteiger partial charge < -0.3 is 32.0 Å². The van der Waals surface area contributed by atoms with Crippen LogP contribution < -0.4 is 31.8 Å². The van der Waals surface area contributed by atoms with Gasteiger partial charge in [-0.3, -0.25) is 24.3 Å². The Hall–Kier alpha value is -4.41. The molecule has 6 N–H and O–H groups in total. The number of hydrogen-bond acceptors (Lipinski definition) is 10. The molecule has 5 rings (SSSR count). The van der Waals surface area contributed by atoms with E-state index in [2.05, 4.69) is 20.6 Å². The van der Waals surface area contributed by atoms with Crippen molar-refractivity contribution in [3.05, 3.63) is 77.8 Å². The minimum atomic E-state index is -1.45. The fraction of sp³-hybridized carbons (Fsp3) is 0.276. The number of nitrogens with one attached hydrogen (secondary N) is 2. The van der Waals surface area contributed by atoms with E-state index >= 15 is 0 Å². The van der Waals surface area contributed by atoms with Gasteiger partial charge in [0.25, 0.3) is 11.8 Å². The summed E-state index contributed by atoms with van der Waals surface area (Å²) in [6.45, 7) is 1.25. The number of amides is 3. The summed E-state index contributed by atoms with van der Waals surface area (Å²) < 4.78 is 3.60. The number of rotatable bonds is 13.